The van der Waals surface area contributed by atoms with Gasteiger partial charge in [0.25, 0.3) is 0 Å². The zero-order valence-corrected chi connectivity index (χ0v) is 26.8. The predicted molar refractivity (Wildman–Crippen MR) is 207 cm³/mol. The molecular weight excluding hydrogens is 611 g/mol. The van der Waals surface area contributed by atoms with Gasteiger partial charge in [-0.1, -0.05) is 109 Å². The number of benzene rings is 8. The van der Waals surface area contributed by atoms with Crippen LogP contribution in [0.5, 0.6) is 0 Å². The fourth-order valence-electron chi connectivity index (χ4n) is 7.87. The Balaban J connectivity index is 1.12. The molecule has 4 heteroatoms. The molecule has 3 heterocycles. The van der Waals surface area contributed by atoms with Crippen LogP contribution in [0.4, 0.5) is 0 Å². The molecule has 11 rings (SSSR count). The van der Waals surface area contributed by atoms with Gasteiger partial charge in [-0.05, 0) is 76.1 Å². The monoisotopic (exact) mass is 637 g/mol. The summed E-state index contributed by atoms with van der Waals surface area (Å²) in [6, 6.07) is 57.8. The molecule has 0 N–H and O–H groups in total. The minimum absolute atomic E-state index is 0.827. The summed E-state index contributed by atoms with van der Waals surface area (Å²) in [5.74, 6) is 0. The van der Waals surface area contributed by atoms with Gasteiger partial charge in [0, 0.05) is 38.4 Å². The summed E-state index contributed by atoms with van der Waals surface area (Å²) >= 11 is 0. The van der Waals surface area contributed by atoms with E-state index in [0.29, 0.717) is 0 Å². The van der Waals surface area contributed by atoms with Gasteiger partial charge < -0.3 is 8.98 Å². The maximum atomic E-state index is 6.28. The lowest BCUT2D eigenvalue weighted by Crippen LogP contribution is -1.97. The maximum Gasteiger partial charge on any atom is 0.136 e. The first-order valence-electron chi connectivity index (χ1n) is 16.9. The number of para-hydroxylation sites is 3. The molecule has 0 saturated carbocycles. The molecule has 50 heavy (non-hydrogen) atoms. The van der Waals surface area contributed by atoms with Gasteiger partial charge in [0.1, 0.15) is 11.2 Å². The van der Waals surface area contributed by atoms with Gasteiger partial charge in [-0.2, -0.15) is 0 Å². The van der Waals surface area contributed by atoms with Crippen molar-refractivity contribution < 1.29 is 4.42 Å². The summed E-state index contributed by atoms with van der Waals surface area (Å²) in [4.78, 5) is 10.4. The third kappa shape index (κ3) is 3.93. The van der Waals surface area contributed by atoms with Crippen molar-refractivity contribution in [2.45, 2.75) is 0 Å². The Morgan fingerprint density at radius 2 is 0.920 bits per heavy atom. The number of furan rings is 1. The number of aromatic nitrogens is 3. The Morgan fingerprint density at radius 1 is 0.400 bits per heavy atom. The molecule has 0 bridgehead atoms. The van der Waals surface area contributed by atoms with Crippen molar-refractivity contribution in [3.63, 3.8) is 0 Å². The Labute approximate surface area is 286 Å². The van der Waals surface area contributed by atoms with Gasteiger partial charge in [-0.3, -0.25) is 0 Å². The highest BCUT2D eigenvalue weighted by atomic mass is 16.3. The lowest BCUT2D eigenvalue weighted by atomic mass is 10.00. The Kier molecular flexibility index (Phi) is 5.63. The van der Waals surface area contributed by atoms with Crippen molar-refractivity contribution in [1.29, 1.82) is 0 Å². The minimum Gasteiger partial charge on any atom is -0.456 e. The summed E-state index contributed by atoms with van der Waals surface area (Å²) in [6.45, 7) is 0. The second-order valence-corrected chi connectivity index (χ2v) is 13.0. The average Bonchev–Trinajstić information content (AvgIpc) is 3.73. The molecule has 11 aromatic rings. The van der Waals surface area contributed by atoms with Crippen LogP contribution in [-0.2, 0) is 0 Å². The number of fused-ring (bicyclic) bond motifs is 11. The third-order valence-electron chi connectivity index (χ3n) is 10.2. The van der Waals surface area contributed by atoms with E-state index in [4.69, 9.17) is 14.4 Å². The van der Waals surface area contributed by atoms with Crippen LogP contribution in [0.2, 0.25) is 0 Å². The Bertz CT molecular complexity index is 3060. The Hall–Kier alpha value is -6.78. The SMILES string of the molecule is c1ccc2c(c1)ccc1c2c2c3ccccc3ccc2n1-c1ccc(-c2nc3ccccc3nc2-c2ccc3c(c2)oc2ccccc23)cc1. The van der Waals surface area contributed by atoms with Crippen molar-refractivity contribution in [2.75, 3.05) is 0 Å². The van der Waals surface area contributed by atoms with E-state index in [1.54, 1.807) is 0 Å². The predicted octanol–water partition coefficient (Wildman–Crippen LogP) is 12.3. The Morgan fingerprint density at radius 3 is 1.58 bits per heavy atom. The van der Waals surface area contributed by atoms with Crippen LogP contribution in [-0.4, -0.2) is 14.5 Å². The average molecular weight is 638 g/mol. The van der Waals surface area contributed by atoms with Crippen molar-refractivity contribution in [2.24, 2.45) is 0 Å². The molecule has 0 saturated heterocycles. The fraction of sp³-hybridized carbons (Fsp3) is 0. The van der Waals surface area contributed by atoms with E-state index < -0.39 is 0 Å². The zero-order chi connectivity index (χ0) is 32.8. The van der Waals surface area contributed by atoms with E-state index in [9.17, 15) is 0 Å². The summed E-state index contributed by atoms with van der Waals surface area (Å²) in [6.07, 6.45) is 0. The molecular formula is C46H27N3O. The first kappa shape index (κ1) is 27.2. The van der Waals surface area contributed by atoms with Crippen LogP contribution in [0.25, 0.3) is 105 Å². The number of rotatable bonds is 3. The second kappa shape index (κ2) is 10.4. The van der Waals surface area contributed by atoms with Gasteiger partial charge >= 0.3 is 0 Å². The quantitative estimate of drug-likeness (QED) is 0.194. The van der Waals surface area contributed by atoms with Crippen LogP contribution in [0.15, 0.2) is 168 Å². The molecule has 0 fully saturated rings. The van der Waals surface area contributed by atoms with Gasteiger partial charge in [-0.25, -0.2) is 9.97 Å². The highest BCUT2D eigenvalue weighted by molar-refractivity contribution is 6.28. The lowest BCUT2D eigenvalue weighted by molar-refractivity contribution is 0.669. The van der Waals surface area contributed by atoms with Crippen LogP contribution in [0.3, 0.4) is 0 Å². The van der Waals surface area contributed by atoms with Crippen molar-refractivity contribution in [1.82, 2.24) is 14.5 Å². The molecule has 0 radical (unpaired) electrons. The topological polar surface area (TPSA) is 43.9 Å². The summed E-state index contributed by atoms with van der Waals surface area (Å²) in [5.41, 5.74) is 10.5. The lowest BCUT2D eigenvalue weighted by Gasteiger charge is -2.13. The van der Waals surface area contributed by atoms with Crippen molar-refractivity contribution in [3.8, 4) is 28.2 Å². The van der Waals surface area contributed by atoms with Crippen LogP contribution < -0.4 is 0 Å². The molecule has 0 unspecified atom stereocenters. The van der Waals surface area contributed by atoms with Crippen molar-refractivity contribution in [3.05, 3.63) is 164 Å². The molecule has 4 nitrogen and oxygen atoms in total. The molecule has 0 amide bonds. The first-order chi connectivity index (χ1) is 24.8. The molecule has 8 aromatic carbocycles. The van der Waals surface area contributed by atoms with Gasteiger partial charge in [0.15, 0.2) is 0 Å². The summed E-state index contributed by atoms with van der Waals surface area (Å²) in [7, 11) is 0. The van der Waals surface area contributed by atoms with E-state index in [2.05, 4.69) is 126 Å². The van der Waals surface area contributed by atoms with Crippen LogP contribution in [0, 0.1) is 0 Å². The molecule has 3 aromatic heterocycles. The summed E-state index contributed by atoms with van der Waals surface area (Å²) in [5, 5.41) is 9.77. The molecule has 0 atom stereocenters. The zero-order valence-electron chi connectivity index (χ0n) is 26.8. The fourth-order valence-corrected chi connectivity index (χ4v) is 7.87. The van der Waals surface area contributed by atoms with Gasteiger partial charge in [0.2, 0.25) is 0 Å². The smallest absolute Gasteiger partial charge is 0.136 e. The third-order valence-corrected chi connectivity index (χ3v) is 10.2. The number of hydrogen-bond acceptors (Lipinski definition) is 3. The van der Waals surface area contributed by atoms with Gasteiger partial charge in [0.05, 0.1) is 33.5 Å². The first-order valence-corrected chi connectivity index (χ1v) is 16.9. The molecule has 0 spiro atoms. The minimum atomic E-state index is 0.827. The van der Waals surface area contributed by atoms with E-state index in [1.807, 2.05) is 42.5 Å². The standard InChI is InChI=1S/C46H27N3O/c1-3-11-33-28(9-1)20-25-39-43(33)44-34-12-4-2-10-29(34)21-26-40(44)49(39)32-22-17-30(18-23-32)45-46(48-38-15-7-6-14-37(38)47-45)31-19-24-36-35-13-5-8-16-41(35)50-42(36)27-31/h1-27H. The highest BCUT2D eigenvalue weighted by Crippen LogP contribution is 2.41. The highest BCUT2D eigenvalue weighted by Gasteiger charge is 2.19. The second-order valence-electron chi connectivity index (χ2n) is 13.0. The van der Waals surface area contributed by atoms with E-state index >= 15 is 0 Å². The summed E-state index contributed by atoms with van der Waals surface area (Å²) < 4.78 is 8.68. The van der Waals surface area contributed by atoms with E-state index in [1.165, 1.54) is 43.4 Å². The van der Waals surface area contributed by atoms with Crippen molar-refractivity contribution >= 4 is 76.3 Å². The molecule has 232 valence electrons. The van der Waals surface area contributed by atoms with Gasteiger partial charge in [-0.15, -0.1) is 0 Å². The number of hydrogen-bond donors (Lipinski definition) is 0. The van der Waals surface area contributed by atoms with Crippen LogP contribution in [0.1, 0.15) is 0 Å². The number of nitrogens with zero attached hydrogens (tertiary/aromatic N) is 3. The van der Waals surface area contributed by atoms with Crippen LogP contribution >= 0.6 is 0 Å². The molecule has 0 aliphatic heterocycles. The molecule has 0 aliphatic rings. The molecule has 0 aliphatic carbocycles. The normalized spacial score (nSPS) is 12.0. The van der Waals surface area contributed by atoms with E-state index in [0.717, 1.165) is 61.2 Å². The van der Waals surface area contributed by atoms with E-state index in [-0.39, 0.29) is 0 Å². The maximum absolute atomic E-state index is 6.28. The largest absolute Gasteiger partial charge is 0.456 e.